The second kappa shape index (κ2) is 6.59. The van der Waals surface area contributed by atoms with Crippen molar-refractivity contribution >= 4 is 0 Å². The van der Waals surface area contributed by atoms with Crippen molar-refractivity contribution in [2.45, 2.75) is 39.2 Å². The second-order valence-corrected chi connectivity index (χ2v) is 4.08. The first-order valence-corrected chi connectivity index (χ1v) is 5.70. The molecule has 0 amide bonds. The molecule has 0 saturated carbocycles. The Balaban J connectivity index is 2.57. The maximum absolute atomic E-state index is 12.7. The molecule has 90 valence electrons. The number of hydrogen-bond acceptors (Lipinski definition) is 1. The predicted molar refractivity (Wildman–Crippen MR) is 63.0 cm³/mol. The molecule has 0 heterocycles. The maximum Gasteiger partial charge on any atom is 0.254 e. The van der Waals surface area contributed by atoms with Crippen molar-refractivity contribution < 1.29 is 8.78 Å². The molecule has 1 aromatic carbocycles. The van der Waals surface area contributed by atoms with E-state index in [1.807, 2.05) is 38.1 Å². The van der Waals surface area contributed by atoms with Gasteiger partial charge in [-0.05, 0) is 31.9 Å². The number of aryl methyl sites for hydroxylation is 1. The summed E-state index contributed by atoms with van der Waals surface area (Å²) in [6, 6.07) is 7.01. The van der Waals surface area contributed by atoms with Crippen LogP contribution in [-0.4, -0.2) is 19.0 Å². The van der Waals surface area contributed by atoms with Crippen LogP contribution in [0.2, 0.25) is 0 Å². The molecule has 0 fully saturated rings. The van der Waals surface area contributed by atoms with Gasteiger partial charge in [-0.1, -0.05) is 36.8 Å². The van der Waals surface area contributed by atoms with Gasteiger partial charge in [-0.15, -0.1) is 0 Å². The summed E-state index contributed by atoms with van der Waals surface area (Å²) in [5.41, 5.74) is 2.11. The van der Waals surface area contributed by atoms with E-state index in [-0.39, 0.29) is 0 Å². The molecule has 0 aliphatic carbocycles. The predicted octanol–water partition coefficient (Wildman–Crippen LogP) is 3.17. The third-order valence-electron chi connectivity index (χ3n) is 2.54. The lowest BCUT2D eigenvalue weighted by Gasteiger charge is -2.17. The lowest BCUT2D eigenvalue weighted by Crippen LogP contribution is -2.37. The smallest absolute Gasteiger partial charge is 0.254 e. The van der Waals surface area contributed by atoms with Gasteiger partial charge < -0.3 is 5.32 Å². The van der Waals surface area contributed by atoms with Crippen molar-refractivity contribution in [1.82, 2.24) is 5.32 Å². The minimum Gasteiger partial charge on any atom is -0.309 e. The lowest BCUT2D eigenvalue weighted by molar-refractivity contribution is 0.0983. The summed E-state index contributed by atoms with van der Waals surface area (Å²) in [5.74, 6) is 0. The summed E-state index contributed by atoms with van der Waals surface area (Å²) in [4.78, 5) is 0. The highest BCUT2D eigenvalue weighted by Gasteiger charge is 2.19. The largest absolute Gasteiger partial charge is 0.309 e. The molecule has 1 aromatic rings. The Bertz CT molecular complexity index is 295. The van der Waals surface area contributed by atoms with Crippen LogP contribution >= 0.6 is 0 Å². The molecule has 16 heavy (non-hydrogen) atoms. The van der Waals surface area contributed by atoms with Gasteiger partial charge >= 0.3 is 0 Å². The van der Waals surface area contributed by atoms with Crippen LogP contribution in [0.3, 0.4) is 0 Å². The Morgan fingerprint density at radius 3 is 2.31 bits per heavy atom. The van der Waals surface area contributed by atoms with Crippen LogP contribution in [0, 0.1) is 6.92 Å². The van der Waals surface area contributed by atoms with E-state index in [2.05, 4.69) is 5.32 Å². The molecular weight excluding hydrogens is 208 g/mol. The zero-order valence-electron chi connectivity index (χ0n) is 9.84. The maximum atomic E-state index is 12.7. The molecule has 0 aromatic heterocycles. The van der Waals surface area contributed by atoms with Crippen LogP contribution in [0.15, 0.2) is 24.3 Å². The third-order valence-corrected chi connectivity index (χ3v) is 2.54. The van der Waals surface area contributed by atoms with E-state index in [1.165, 1.54) is 0 Å². The molecule has 0 aliphatic heterocycles. The van der Waals surface area contributed by atoms with Crippen LogP contribution in [0.25, 0.3) is 0 Å². The van der Waals surface area contributed by atoms with Gasteiger partial charge in [0.15, 0.2) is 0 Å². The van der Waals surface area contributed by atoms with Crippen molar-refractivity contribution in [3.05, 3.63) is 35.4 Å². The monoisotopic (exact) mass is 227 g/mol. The molecule has 0 aliphatic rings. The summed E-state index contributed by atoms with van der Waals surface area (Å²) in [6.45, 7) is 4.60. The van der Waals surface area contributed by atoms with E-state index in [9.17, 15) is 8.78 Å². The fraction of sp³-hybridized carbons (Fsp3) is 0.538. The van der Waals surface area contributed by atoms with Crippen LogP contribution in [0.1, 0.15) is 24.5 Å². The number of rotatable bonds is 6. The summed E-state index contributed by atoms with van der Waals surface area (Å²) in [5, 5.41) is 2.88. The minimum absolute atomic E-state index is 0.387. The van der Waals surface area contributed by atoms with Gasteiger partial charge in [0.1, 0.15) is 0 Å². The fourth-order valence-corrected chi connectivity index (χ4v) is 1.56. The average Bonchev–Trinajstić information content (AvgIpc) is 2.26. The summed E-state index contributed by atoms with van der Waals surface area (Å²) in [6.07, 6.45) is -1.05. The highest BCUT2D eigenvalue weighted by atomic mass is 19.3. The van der Waals surface area contributed by atoms with Gasteiger partial charge in [0.2, 0.25) is 0 Å². The Labute approximate surface area is 95.9 Å². The van der Waals surface area contributed by atoms with E-state index in [4.69, 9.17) is 0 Å². The SMILES string of the molecule is CCCNC(Cc1ccc(C)cc1)C(F)F. The summed E-state index contributed by atoms with van der Waals surface area (Å²) in [7, 11) is 0. The first-order valence-electron chi connectivity index (χ1n) is 5.70. The molecule has 0 bridgehead atoms. The quantitative estimate of drug-likeness (QED) is 0.787. The molecule has 1 rings (SSSR count). The number of hydrogen-bond donors (Lipinski definition) is 1. The third kappa shape index (κ3) is 4.27. The first kappa shape index (κ1) is 13.1. The average molecular weight is 227 g/mol. The van der Waals surface area contributed by atoms with Crippen molar-refractivity contribution in [1.29, 1.82) is 0 Å². The highest BCUT2D eigenvalue weighted by molar-refractivity contribution is 5.22. The second-order valence-electron chi connectivity index (χ2n) is 4.08. The number of nitrogens with one attached hydrogen (secondary N) is 1. The van der Waals surface area contributed by atoms with Gasteiger partial charge in [-0.25, -0.2) is 8.78 Å². The van der Waals surface area contributed by atoms with Gasteiger partial charge in [0.25, 0.3) is 6.43 Å². The molecule has 0 radical (unpaired) electrons. The van der Waals surface area contributed by atoms with E-state index < -0.39 is 12.5 Å². The van der Waals surface area contributed by atoms with E-state index in [0.717, 1.165) is 17.5 Å². The van der Waals surface area contributed by atoms with Crippen LogP contribution in [0.5, 0.6) is 0 Å². The van der Waals surface area contributed by atoms with E-state index in [1.54, 1.807) is 0 Å². The number of alkyl halides is 2. The van der Waals surface area contributed by atoms with Crippen LogP contribution < -0.4 is 5.32 Å². The van der Waals surface area contributed by atoms with Gasteiger partial charge in [-0.2, -0.15) is 0 Å². The van der Waals surface area contributed by atoms with Gasteiger partial charge in [0, 0.05) is 0 Å². The Morgan fingerprint density at radius 1 is 1.19 bits per heavy atom. The molecule has 1 N–H and O–H groups in total. The molecule has 0 spiro atoms. The van der Waals surface area contributed by atoms with Crippen LogP contribution in [-0.2, 0) is 6.42 Å². The Hall–Kier alpha value is -0.960. The fourth-order valence-electron chi connectivity index (χ4n) is 1.56. The highest BCUT2D eigenvalue weighted by Crippen LogP contribution is 2.11. The van der Waals surface area contributed by atoms with Crippen molar-refractivity contribution in [3.8, 4) is 0 Å². The van der Waals surface area contributed by atoms with Gasteiger partial charge in [0.05, 0.1) is 6.04 Å². The van der Waals surface area contributed by atoms with Crippen molar-refractivity contribution in [3.63, 3.8) is 0 Å². The topological polar surface area (TPSA) is 12.0 Å². The van der Waals surface area contributed by atoms with Crippen molar-refractivity contribution in [2.75, 3.05) is 6.54 Å². The number of benzene rings is 1. The van der Waals surface area contributed by atoms with Crippen LogP contribution in [0.4, 0.5) is 8.78 Å². The van der Waals surface area contributed by atoms with Gasteiger partial charge in [-0.3, -0.25) is 0 Å². The summed E-state index contributed by atoms with van der Waals surface area (Å²) >= 11 is 0. The zero-order valence-corrected chi connectivity index (χ0v) is 9.84. The Morgan fingerprint density at radius 2 is 1.81 bits per heavy atom. The van der Waals surface area contributed by atoms with E-state index in [0.29, 0.717) is 13.0 Å². The molecule has 1 atom stereocenters. The van der Waals surface area contributed by atoms with Crippen molar-refractivity contribution in [2.24, 2.45) is 0 Å². The van der Waals surface area contributed by atoms with E-state index >= 15 is 0 Å². The summed E-state index contributed by atoms with van der Waals surface area (Å²) < 4.78 is 25.5. The molecule has 1 unspecified atom stereocenters. The zero-order chi connectivity index (χ0) is 12.0. The lowest BCUT2D eigenvalue weighted by atomic mass is 10.0. The minimum atomic E-state index is -2.31. The molecular formula is C13H19F2N. The molecule has 3 heteroatoms. The normalized spacial score (nSPS) is 13.1. The standard InChI is InChI=1S/C13H19F2N/c1-3-8-16-12(13(14)15)9-11-6-4-10(2)5-7-11/h4-7,12-13,16H,3,8-9H2,1-2H3. The molecule has 0 saturated heterocycles. The Kier molecular flexibility index (Phi) is 5.39. The molecule has 1 nitrogen and oxygen atoms in total. The first-order chi connectivity index (χ1) is 7.63. The number of halogens is 2.